The highest BCUT2D eigenvalue weighted by atomic mass is 35.5. The van der Waals surface area contributed by atoms with E-state index in [1.807, 2.05) is 19.1 Å². The molecule has 0 aliphatic carbocycles. The average Bonchev–Trinajstić information content (AvgIpc) is 2.35. The van der Waals surface area contributed by atoms with E-state index in [0.29, 0.717) is 10.8 Å². The molecular weight excluding hydrogens is 238 g/mol. The van der Waals surface area contributed by atoms with E-state index in [0.717, 1.165) is 5.56 Å². The highest BCUT2D eigenvalue weighted by molar-refractivity contribution is 6.32. The lowest BCUT2D eigenvalue weighted by Gasteiger charge is -2.15. The van der Waals surface area contributed by atoms with Gasteiger partial charge in [0.1, 0.15) is 5.02 Å². The third-order valence-corrected chi connectivity index (χ3v) is 2.58. The van der Waals surface area contributed by atoms with Gasteiger partial charge in [-0.3, -0.25) is 4.98 Å². The summed E-state index contributed by atoms with van der Waals surface area (Å²) in [5.74, 6) is 0.714. The Bertz CT molecular complexity index is 502. The van der Waals surface area contributed by atoms with Crippen LogP contribution in [-0.2, 0) is 0 Å². The number of pyridine rings is 1. The van der Waals surface area contributed by atoms with Gasteiger partial charge in [-0.25, -0.2) is 4.98 Å². The van der Waals surface area contributed by atoms with Crippen molar-refractivity contribution >= 4 is 23.4 Å². The molecule has 17 heavy (non-hydrogen) atoms. The number of nitrogens with one attached hydrogen (secondary N) is 1. The fourth-order valence-corrected chi connectivity index (χ4v) is 1.55. The minimum Gasteiger partial charge on any atom is -0.368 e. The lowest BCUT2D eigenvalue weighted by molar-refractivity contribution is 0.865. The highest BCUT2D eigenvalue weighted by Crippen LogP contribution is 2.23. The Kier molecular flexibility index (Phi) is 3.39. The summed E-state index contributed by atoms with van der Waals surface area (Å²) in [7, 11) is 0. The molecule has 2 heterocycles. The largest absolute Gasteiger partial charge is 0.368 e. The smallest absolute Gasteiger partial charge is 0.222 e. The quantitative estimate of drug-likeness (QED) is 0.873. The number of hydrogen-bond donors (Lipinski definition) is 2. The van der Waals surface area contributed by atoms with E-state index < -0.39 is 0 Å². The van der Waals surface area contributed by atoms with Crippen molar-refractivity contribution in [2.75, 3.05) is 11.1 Å². The van der Waals surface area contributed by atoms with Crippen LogP contribution in [0.5, 0.6) is 0 Å². The van der Waals surface area contributed by atoms with Gasteiger partial charge in [0.15, 0.2) is 5.82 Å². The summed E-state index contributed by atoms with van der Waals surface area (Å²) in [5.41, 5.74) is 6.55. The Hall–Kier alpha value is -1.88. The lowest BCUT2D eigenvalue weighted by Crippen LogP contribution is -2.10. The monoisotopic (exact) mass is 249 g/mol. The van der Waals surface area contributed by atoms with Crippen LogP contribution >= 0.6 is 11.6 Å². The van der Waals surface area contributed by atoms with Gasteiger partial charge in [-0.15, -0.1) is 0 Å². The molecule has 0 amide bonds. The molecule has 1 atom stereocenters. The van der Waals surface area contributed by atoms with Gasteiger partial charge in [0, 0.05) is 12.4 Å². The predicted molar refractivity (Wildman–Crippen MR) is 67.7 cm³/mol. The van der Waals surface area contributed by atoms with Crippen LogP contribution in [-0.4, -0.2) is 15.0 Å². The first-order chi connectivity index (χ1) is 8.16. The maximum Gasteiger partial charge on any atom is 0.222 e. The molecule has 0 aliphatic rings. The van der Waals surface area contributed by atoms with Crippen molar-refractivity contribution in [3.8, 4) is 0 Å². The Morgan fingerprint density at radius 3 is 2.94 bits per heavy atom. The Morgan fingerprint density at radius 1 is 1.41 bits per heavy atom. The summed E-state index contributed by atoms with van der Waals surface area (Å²) >= 11 is 5.97. The second-order valence-corrected chi connectivity index (χ2v) is 3.98. The van der Waals surface area contributed by atoms with E-state index in [-0.39, 0.29) is 12.0 Å². The van der Waals surface area contributed by atoms with Gasteiger partial charge >= 0.3 is 0 Å². The van der Waals surface area contributed by atoms with E-state index >= 15 is 0 Å². The summed E-state index contributed by atoms with van der Waals surface area (Å²) in [6.45, 7) is 1.99. The first-order valence-electron chi connectivity index (χ1n) is 5.11. The molecule has 2 rings (SSSR count). The van der Waals surface area contributed by atoms with Crippen molar-refractivity contribution in [1.82, 2.24) is 15.0 Å². The van der Waals surface area contributed by atoms with E-state index in [2.05, 4.69) is 20.3 Å². The van der Waals surface area contributed by atoms with Crippen LogP contribution in [0.2, 0.25) is 5.02 Å². The summed E-state index contributed by atoms with van der Waals surface area (Å²) in [6.07, 6.45) is 4.99. The number of halogens is 1. The van der Waals surface area contributed by atoms with Gasteiger partial charge in [-0.1, -0.05) is 17.7 Å². The van der Waals surface area contributed by atoms with Gasteiger partial charge < -0.3 is 11.1 Å². The zero-order chi connectivity index (χ0) is 12.3. The van der Waals surface area contributed by atoms with Crippen molar-refractivity contribution < 1.29 is 0 Å². The van der Waals surface area contributed by atoms with Crippen LogP contribution in [0.15, 0.2) is 30.7 Å². The van der Waals surface area contributed by atoms with E-state index in [4.69, 9.17) is 17.3 Å². The summed E-state index contributed by atoms with van der Waals surface area (Å²) in [6, 6.07) is 3.89. The van der Waals surface area contributed by atoms with Gasteiger partial charge in [-0.2, -0.15) is 4.98 Å². The van der Waals surface area contributed by atoms with E-state index in [9.17, 15) is 0 Å². The number of anilines is 2. The average molecular weight is 250 g/mol. The molecule has 88 valence electrons. The molecule has 0 aliphatic heterocycles. The third-order valence-electron chi connectivity index (χ3n) is 2.30. The van der Waals surface area contributed by atoms with Crippen LogP contribution in [0.1, 0.15) is 18.5 Å². The molecule has 2 aromatic heterocycles. The predicted octanol–water partition coefficient (Wildman–Crippen LogP) is 2.28. The number of rotatable bonds is 3. The summed E-state index contributed by atoms with van der Waals surface area (Å²) in [5, 5.41) is 3.60. The van der Waals surface area contributed by atoms with E-state index in [1.165, 1.54) is 6.20 Å². The highest BCUT2D eigenvalue weighted by Gasteiger charge is 2.09. The normalized spacial score (nSPS) is 12.1. The zero-order valence-corrected chi connectivity index (χ0v) is 10.0. The first kappa shape index (κ1) is 11.6. The molecule has 0 fully saturated rings. The van der Waals surface area contributed by atoms with Gasteiger partial charge in [0.25, 0.3) is 0 Å². The number of hydrogen-bond acceptors (Lipinski definition) is 5. The number of nitrogen functional groups attached to an aromatic ring is 1. The second kappa shape index (κ2) is 4.97. The standard InChI is InChI=1S/C11H12ClN5/c1-7(8-3-2-4-14-5-8)16-10-9(12)6-15-11(13)17-10/h2-7H,1H3,(H3,13,15,16,17). The lowest BCUT2D eigenvalue weighted by atomic mass is 10.1. The SMILES string of the molecule is CC(Nc1nc(N)ncc1Cl)c1cccnc1. The zero-order valence-electron chi connectivity index (χ0n) is 9.26. The van der Waals surface area contributed by atoms with Crippen LogP contribution in [0.3, 0.4) is 0 Å². The molecule has 0 spiro atoms. The minimum absolute atomic E-state index is 0.0375. The molecule has 3 N–H and O–H groups in total. The molecule has 0 saturated heterocycles. The van der Waals surface area contributed by atoms with Crippen molar-refractivity contribution in [2.24, 2.45) is 0 Å². The minimum atomic E-state index is 0.0375. The molecule has 6 heteroatoms. The van der Waals surface area contributed by atoms with Crippen LogP contribution in [0.25, 0.3) is 0 Å². The van der Waals surface area contributed by atoms with E-state index in [1.54, 1.807) is 12.4 Å². The van der Waals surface area contributed by atoms with Crippen molar-refractivity contribution in [3.05, 3.63) is 41.3 Å². The van der Waals surface area contributed by atoms with Gasteiger partial charge in [-0.05, 0) is 18.6 Å². The Labute approximate surface area is 104 Å². The molecule has 5 nitrogen and oxygen atoms in total. The van der Waals surface area contributed by atoms with Crippen LogP contribution < -0.4 is 11.1 Å². The van der Waals surface area contributed by atoms with Crippen LogP contribution in [0, 0.1) is 0 Å². The maximum absolute atomic E-state index is 5.97. The Morgan fingerprint density at radius 2 is 2.24 bits per heavy atom. The molecule has 0 aromatic carbocycles. The Balaban J connectivity index is 2.18. The topological polar surface area (TPSA) is 76.7 Å². The third kappa shape index (κ3) is 2.82. The molecule has 0 bridgehead atoms. The molecular formula is C11H12ClN5. The van der Waals surface area contributed by atoms with Crippen molar-refractivity contribution in [3.63, 3.8) is 0 Å². The molecule has 0 saturated carbocycles. The van der Waals surface area contributed by atoms with Gasteiger partial charge in [0.2, 0.25) is 5.95 Å². The number of nitrogens with two attached hydrogens (primary N) is 1. The molecule has 0 radical (unpaired) electrons. The first-order valence-corrected chi connectivity index (χ1v) is 5.49. The fourth-order valence-electron chi connectivity index (χ4n) is 1.40. The molecule has 2 aromatic rings. The maximum atomic E-state index is 5.97. The second-order valence-electron chi connectivity index (χ2n) is 3.58. The summed E-state index contributed by atoms with van der Waals surface area (Å²) in [4.78, 5) is 11.9. The fraction of sp³-hybridized carbons (Fsp3) is 0.182. The summed E-state index contributed by atoms with van der Waals surface area (Å²) < 4.78 is 0. The van der Waals surface area contributed by atoms with Crippen molar-refractivity contribution in [2.45, 2.75) is 13.0 Å². The van der Waals surface area contributed by atoms with Gasteiger partial charge in [0.05, 0.1) is 12.2 Å². The van der Waals surface area contributed by atoms with Crippen molar-refractivity contribution in [1.29, 1.82) is 0 Å². The number of aromatic nitrogens is 3. The number of nitrogens with zero attached hydrogens (tertiary/aromatic N) is 3. The van der Waals surface area contributed by atoms with Crippen LogP contribution in [0.4, 0.5) is 11.8 Å². The molecule has 1 unspecified atom stereocenters.